The summed E-state index contributed by atoms with van der Waals surface area (Å²) in [4.78, 5) is 21.4. The summed E-state index contributed by atoms with van der Waals surface area (Å²) < 4.78 is 4.98. The van der Waals surface area contributed by atoms with Gasteiger partial charge >= 0.3 is 6.03 Å². The standard InChI is InChI=1S/C8H15N3O7/c1-11(10-17)8(16)9-7-6(15)5(14)4(13)3(2-12)18-7/h3-7,12-15H,2H2,1H3,(H,9,16)/t3-,4-,5+,6-,7+/m1/s1. The molecule has 0 radical (unpaired) electrons. The van der Waals surface area contributed by atoms with Gasteiger partial charge in [-0.1, -0.05) is 0 Å². The molecule has 1 heterocycles. The predicted octanol–water partition coefficient (Wildman–Crippen LogP) is -2.89. The Kier molecular flexibility index (Phi) is 4.93. The van der Waals surface area contributed by atoms with Gasteiger partial charge in [0.2, 0.25) is 0 Å². The second-order valence-electron chi connectivity index (χ2n) is 3.80. The van der Waals surface area contributed by atoms with E-state index >= 15 is 0 Å². The fourth-order valence-corrected chi connectivity index (χ4v) is 1.47. The first-order valence-electron chi connectivity index (χ1n) is 5.10. The van der Waals surface area contributed by atoms with Crippen LogP contribution in [0.25, 0.3) is 0 Å². The molecule has 5 atom stereocenters. The van der Waals surface area contributed by atoms with Gasteiger partial charge in [-0.25, -0.2) is 4.79 Å². The lowest BCUT2D eigenvalue weighted by atomic mass is 9.98. The second kappa shape index (κ2) is 6.02. The second-order valence-corrected chi connectivity index (χ2v) is 3.80. The molecule has 0 saturated carbocycles. The lowest BCUT2D eigenvalue weighted by Crippen LogP contribution is -2.63. The highest BCUT2D eigenvalue weighted by molar-refractivity contribution is 5.73. The minimum absolute atomic E-state index is 0.418. The number of nitrogens with zero attached hydrogens (tertiary/aromatic N) is 2. The number of amides is 2. The minimum Gasteiger partial charge on any atom is -0.394 e. The molecule has 0 spiro atoms. The van der Waals surface area contributed by atoms with Crippen molar-refractivity contribution in [3.8, 4) is 0 Å². The topological polar surface area (TPSA) is 152 Å². The quantitative estimate of drug-likeness (QED) is 0.271. The maximum Gasteiger partial charge on any atom is 0.342 e. The molecule has 5 N–H and O–H groups in total. The summed E-state index contributed by atoms with van der Waals surface area (Å²) in [5, 5.41) is 42.2. The van der Waals surface area contributed by atoms with Gasteiger partial charge in [0.1, 0.15) is 24.4 Å². The lowest BCUT2D eigenvalue weighted by molar-refractivity contribution is -0.233. The summed E-state index contributed by atoms with van der Waals surface area (Å²) in [7, 11) is 1.08. The van der Waals surface area contributed by atoms with Gasteiger partial charge in [-0.2, -0.15) is 5.01 Å². The normalized spacial score (nSPS) is 35.9. The van der Waals surface area contributed by atoms with E-state index in [2.05, 4.69) is 10.6 Å². The van der Waals surface area contributed by atoms with Crippen LogP contribution in [-0.2, 0) is 4.74 Å². The van der Waals surface area contributed by atoms with E-state index in [0.717, 1.165) is 7.05 Å². The summed E-state index contributed by atoms with van der Waals surface area (Å²) in [6.07, 6.45) is -7.23. The predicted molar refractivity (Wildman–Crippen MR) is 55.9 cm³/mol. The number of ether oxygens (including phenoxy) is 1. The number of aliphatic hydroxyl groups is 4. The molecule has 0 aliphatic carbocycles. The molecule has 1 rings (SSSR count). The molecule has 10 heteroatoms. The van der Waals surface area contributed by atoms with E-state index in [4.69, 9.17) is 9.84 Å². The number of carbonyl (C=O) groups excluding carboxylic acids is 1. The Labute approximate surface area is 102 Å². The SMILES string of the molecule is CN(N=O)C(=O)N[C@H]1O[C@H](CO)[C@@H](O)[C@H](O)[C@H]1O. The van der Waals surface area contributed by atoms with Crippen molar-refractivity contribution in [2.45, 2.75) is 30.6 Å². The summed E-state index contributed by atoms with van der Waals surface area (Å²) >= 11 is 0. The Morgan fingerprint density at radius 3 is 2.44 bits per heavy atom. The Bertz CT molecular complexity index is 313. The number of nitrogens with one attached hydrogen (secondary N) is 1. The van der Waals surface area contributed by atoms with Crippen molar-refractivity contribution in [3.05, 3.63) is 4.91 Å². The zero-order chi connectivity index (χ0) is 13.9. The Morgan fingerprint density at radius 1 is 1.33 bits per heavy atom. The molecule has 1 aliphatic rings. The van der Waals surface area contributed by atoms with Crippen LogP contribution in [0.2, 0.25) is 0 Å². The summed E-state index contributed by atoms with van der Waals surface area (Å²) in [5.74, 6) is 0. The van der Waals surface area contributed by atoms with Crippen LogP contribution >= 0.6 is 0 Å². The fraction of sp³-hybridized carbons (Fsp3) is 0.875. The van der Waals surface area contributed by atoms with E-state index < -0.39 is 43.3 Å². The van der Waals surface area contributed by atoms with Crippen LogP contribution in [0.15, 0.2) is 5.29 Å². The van der Waals surface area contributed by atoms with E-state index in [1.54, 1.807) is 0 Å². The van der Waals surface area contributed by atoms with Gasteiger partial charge in [0.25, 0.3) is 0 Å². The van der Waals surface area contributed by atoms with E-state index in [-0.39, 0.29) is 0 Å². The molecule has 0 aromatic heterocycles. The number of hydrogen-bond donors (Lipinski definition) is 5. The molecule has 18 heavy (non-hydrogen) atoms. The van der Waals surface area contributed by atoms with Crippen LogP contribution < -0.4 is 5.32 Å². The average Bonchev–Trinajstić information content (AvgIpc) is 2.38. The Balaban J connectivity index is 2.70. The lowest BCUT2D eigenvalue weighted by Gasteiger charge is -2.40. The molecule has 10 nitrogen and oxygen atoms in total. The van der Waals surface area contributed by atoms with Crippen molar-refractivity contribution in [1.29, 1.82) is 0 Å². The number of carbonyl (C=O) groups is 1. The molecule has 1 saturated heterocycles. The number of nitroso groups, excluding NO2 is 1. The van der Waals surface area contributed by atoms with Crippen LogP contribution in [0.4, 0.5) is 4.79 Å². The highest BCUT2D eigenvalue weighted by Crippen LogP contribution is 2.19. The average molecular weight is 265 g/mol. The Morgan fingerprint density at radius 2 is 1.94 bits per heavy atom. The Hall–Kier alpha value is -1.33. The third kappa shape index (κ3) is 2.91. The zero-order valence-corrected chi connectivity index (χ0v) is 9.50. The molecule has 0 unspecified atom stereocenters. The van der Waals surface area contributed by atoms with E-state index in [1.807, 2.05) is 0 Å². The molecular formula is C8H15N3O7. The van der Waals surface area contributed by atoms with Crippen molar-refractivity contribution in [2.75, 3.05) is 13.7 Å². The van der Waals surface area contributed by atoms with Crippen LogP contribution in [0, 0.1) is 4.91 Å². The van der Waals surface area contributed by atoms with Gasteiger partial charge in [0, 0.05) is 7.05 Å². The summed E-state index contributed by atoms with van der Waals surface area (Å²) in [6, 6.07) is -0.964. The summed E-state index contributed by atoms with van der Waals surface area (Å²) in [6.45, 7) is -0.612. The van der Waals surface area contributed by atoms with Gasteiger partial charge in [0.15, 0.2) is 6.23 Å². The van der Waals surface area contributed by atoms with Gasteiger partial charge in [0.05, 0.1) is 11.9 Å². The first kappa shape index (κ1) is 14.7. The smallest absolute Gasteiger partial charge is 0.342 e. The van der Waals surface area contributed by atoms with Crippen molar-refractivity contribution in [1.82, 2.24) is 10.3 Å². The van der Waals surface area contributed by atoms with Crippen LogP contribution in [0.3, 0.4) is 0 Å². The van der Waals surface area contributed by atoms with Crippen LogP contribution in [0.1, 0.15) is 0 Å². The van der Waals surface area contributed by atoms with Gasteiger partial charge in [-0.3, -0.25) is 0 Å². The van der Waals surface area contributed by atoms with Crippen LogP contribution in [0.5, 0.6) is 0 Å². The first-order chi connectivity index (χ1) is 8.42. The molecule has 2 amide bonds. The number of rotatable bonds is 3. The molecule has 1 aliphatic heterocycles. The fourth-order valence-electron chi connectivity index (χ4n) is 1.47. The largest absolute Gasteiger partial charge is 0.394 e. The molecule has 0 aromatic rings. The van der Waals surface area contributed by atoms with E-state index in [1.165, 1.54) is 0 Å². The van der Waals surface area contributed by atoms with Crippen molar-refractivity contribution in [2.24, 2.45) is 5.29 Å². The molecule has 104 valence electrons. The first-order valence-corrected chi connectivity index (χ1v) is 5.10. The maximum absolute atomic E-state index is 11.3. The van der Waals surface area contributed by atoms with Crippen molar-refractivity contribution >= 4 is 6.03 Å². The van der Waals surface area contributed by atoms with Gasteiger partial charge < -0.3 is 30.5 Å². The monoisotopic (exact) mass is 265 g/mol. The number of hydrogen-bond acceptors (Lipinski definition) is 8. The zero-order valence-electron chi connectivity index (χ0n) is 9.50. The van der Waals surface area contributed by atoms with E-state index in [9.17, 15) is 25.0 Å². The number of urea groups is 1. The van der Waals surface area contributed by atoms with Crippen molar-refractivity contribution in [3.63, 3.8) is 0 Å². The maximum atomic E-state index is 11.3. The van der Waals surface area contributed by atoms with Crippen molar-refractivity contribution < 1.29 is 30.0 Å². The van der Waals surface area contributed by atoms with E-state index in [0.29, 0.717) is 5.01 Å². The minimum atomic E-state index is -1.60. The summed E-state index contributed by atoms with van der Waals surface area (Å²) in [5.41, 5.74) is 0. The third-order valence-electron chi connectivity index (χ3n) is 2.57. The molecule has 0 aromatic carbocycles. The molecular weight excluding hydrogens is 250 g/mol. The van der Waals surface area contributed by atoms with Gasteiger partial charge in [-0.05, 0) is 0 Å². The highest BCUT2D eigenvalue weighted by atomic mass is 16.6. The highest BCUT2D eigenvalue weighted by Gasteiger charge is 2.44. The molecule has 1 fully saturated rings. The van der Waals surface area contributed by atoms with Gasteiger partial charge in [-0.15, -0.1) is 4.91 Å². The molecule has 0 bridgehead atoms. The number of aliphatic hydroxyl groups excluding tert-OH is 4. The third-order valence-corrected chi connectivity index (χ3v) is 2.57. The van der Waals surface area contributed by atoms with Crippen LogP contribution in [-0.4, -0.2) is 75.8 Å².